The van der Waals surface area contributed by atoms with Crippen LogP contribution in [0, 0.1) is 11.6 Å². The molecule has 36 heavy (non-hydrogen) atoms. The number of carbonyl (C=O) groups is 2. The van der Waals surface area contributed by atoms with Gasteiger partial charge in [-0.15, -0.1) is 0 Å². The minimum Gasteiger partial charge on any atom is -0.383 e. The molecule has 0 unspecified atom stereocenters. The number of nitrogens with zero attached hydrogens (tertiary/aromatic N) is 1. The van der Waals surface area contributed by atoms with Crippen molar-refractivity contribution in [2.75, 3.05) is 13.1 Å². The molecule has 2 fully saturated rings. The molecule has 194 valence electrons. The summed E-state index contributed by atoms with van der Waals surface area (Å²) in [6.07, 6.45) is -2.32. The highest BCUT2D eigenvalue weighted by Gasteiger charge is 2.43. The lowest BCUT2D eigenvalue weighted by Gasteiger charge is -2.32. The number of halogens is 6. The van der Waals surface area contributed by atoms with Crippen molar-refractivity contribution < 1.29 is 41.0 Å². The summed E-state index contributed by atoms with van der Waals surface area (Å²) in [5.41, 5.74) is 1.32. The molecule has 1 saturated heterocycles. The number of hydrogen-bond acceptors (Lipinski definition) is 5. The summed E-state index contributed by atoms with van der Waals surface area (Å²) in [5, 5.41) is 0.303. The summed E-state index contributed by atoms with van der Waals surface area (Å²) in [7, 11) is 0. The number of carbonyl (C=O) groups excluding carboxylic acids is 2. The Hall–Kier alpha value is -2.56. The number of benzene rings is 2. The second-order valence-corrected chi connectivity index (χ2v) is 9.41. The number of alkyl halides is 3. The Morgan fingerprint density at radius 2 is 1.69 bits per heavy atom. The zero-order valence-corrected chi connectivity index (χ0v) is 19.8. The first-order chi connectivity index (χ1) is 17.0. The van der Waals surface area contributed by atoms with Crippen LogP contribution in [0.25, 0.3) is 0 Å². The highest BCUT2D eigenvalue weighted by Crippen LogP contribution is 2.43. The summed E-state index contributed by atoms with van der Waals surface area (Å²) in [4.78, 5) is 25.1. The molecule has 2 aromatic carbocycles. The van der Waals surface area contributed by atoms with Gasteiger partial charge in [-0.1, -0.05) is 17.7 Å². The molecule has 2 aromatic rings. The fourth-order valence-corrected chi connectivity index (χ4v) is 4.44. The van der Waals surface area contributed by atoms with Gasteiger partial charge in [-0.3, -0.25) is 4.90 Å². The number of ether oxygens (including phenoxy) is 2. The van der Waals surface area contributed by atoms with Crippen molar-refractivity contribution in [2.24, 2.45) is 0 Å². The largest absolute Gasteiger partial charge is 0.491 e. The second kappa shape index (κ2) is 10.8. The van der Waals surface area contributed by atoms with Crippen molar-refractivity contribution in [2.45, 2.75) is 57.0 Å². The predicted octanol–water partition coefficient (Wildman–Crippen LogP) is 5.92. The van der Waals surface area contributed by atoms with Crippen LogP contribution in [0.3, 0.4) is 0 Å². The Labute approximate surface area is 209 Å². The van der Waals surface area contributed by atoms with Crippen LogP contribution in [-0.2, 0) is 27.4 Å². The molecule has 1 saturated carbocycles. The van der Waals surface area contributed by atoms with Crippen LogP contribution in [0.5, 0.6) is 0 Å². The van der Waals surface area contributed by atoms with Gasteiger partial charge in [0.05, 0.1) is 18.3 Å². The molecular formula is C25H23ClF5NO4. The minimum atomic E-state index is -5.35. The monoisotopic (exact) mass is 531 g/mol. The highest BCUT2D eigenvalue weighted by molar-refractivity contribution is 6.31. The zero-order valence-electron chi connectivity index (χ0n) is 19.0. The molecule has 2 aliphatic rings. The molecule has 1 aliphatic carbocycles. The van der Waals surface area contributed by atoms with Crippen LogP contribution >= 0.6 is 11.6 Å². The third kappa shape index (κ3) is 6.60. The van der Waals surface area contributed by atoms with E-state index in [1.807, 2.05) is 0 Å². The van der Waals surface area contributed by atoms with E-state index in [1.54, 1.807) is 6.07 Å². The molecule has 0 bridgehead atoms. The van der Waals surface area contributed by atoms with Crippen LogP contribution in [0.4, 0.5) is 22.0 Å². The van der Waals surface area contributed by atoms with E-state index in [1.165, 1.54) is 18.2 Å². The summed E-state index contributed by atoms with van der Waals surface area (Å²) in [6.45, 7) is 1.99. The third-order valence-corrected chi connectivity index (χ3v) is 6.65. The van der Waals surface area contributed by atoms with Gasteiger partial charge in [-0.25, -0.2) is 18.4 Å². The fraction of sp³-hybridized carbons (Fsp3) is 0.440. The first kappa shape index (κ1) is 26.5. The topological polar surface area (TPSA) is 55.8 Å². The average molecular weight is 532 g/mol. The number of piperidine rings is 1. The Kier molecular flexibility index (Phi) is 7.96. The summed E-state index contributed by atoms with van der Waals surface area (Å²) in [6, 6.07) is 6.48. The van der Waals surface area contributed by atoms with Crippen molar-refractivity contribution in [3.05, 3.63) is 69.2 Å². The maximum absolute atomic E-state index is 14.7. The lowest BCUT2D eigenvalue weighted by Crippen LogP contribution is -2.36. The molecule has 5 nitrogen and oxygen atoms in total. The maximum atomic E-state index is 14.7. The Bertz CT molecular complexity index is 1140. The molecule has 0 amide bonds. The van der Waals surface area contributed by atoms with Crippen molar-refractivity contribution in [3.63, 3.8) is 0 Å². The molecule has 4 rings (SSSR count). The van der Waals surface area contributed by atoms with Crippen molar-refractivity contribution in [1.82, 2.24) is 4.90 Å². The number of hydrogen-bond donors (Lipinski definition) is 0. The van der Waals surface area contributed by atoms with Gasteiger partial charge in [0.2, 0.25) is 0 Å². The molecule has 0 N–H and O–H groups in total. The lowest BCUT2D eigenvalue weighted by atomic mass is 9.98. The van der Waals surface area contributed by atoms with Crippen LogP contribution in [0.2, 0.25) is 5.02 Å². The van der Waals surface area contributed by atoms with Crippen LogP contribution < -0.4 is 0 Å². The van der Waals surface area contributed by atoms with Crippen LogP contribution in [-0.4, -0.2) is 42.2 Å². The van der Waals surface area contributed by atoms with Crippen molar-refractivity contribution in [1.29, 1.82) is 0 Å². The van der Waals surface area contributed by atoms with E-state index in [9.17, 15) is 31.5 Å². The maximum Gasteiger partial charge on any atom is 0.491 e. The first-order valence-corrected chi connectivity index (χ1v) is 11.8. The quantitative estimate of drug-likeness (QED) is 0.252. The van der Waals surface area contributed by atoms with Gasteiger partial charge >= 0.3 is 18.1 Å². The van der Waals surface area contributed by atoms with Crippen molar-refractivity contribution >= 4 is 23.5 Å². The zero-order chi connectivity index (χ0) is 26.0. The van der Waals surface area contributed by atoms with E-state index in [0.29, 0.717) is 54.2 Å². The van der Waals surface area contributed by atoms with E-state index >= 15 is 0 Å². The molecule has 0 spiro atoms. The standard InChI is InChI=1S/C25H23ClF5NO4/c26-21-10-17(27)4-3-15(21)13-35-18-5-7-32(8-6-18)12-16-9-22(28)20(11-19(16)14-1-2-14)23(33)36-24(34)25(29,30)31/h3-4,9-11,14,18H,1-2,5-8,12-13H2. The third-order valence-electron chi connectivity index (χ3n) is 6.30. The van der Waals surface area contributed by atoms with E-state index < -0.39 is 35.3 Å². The lowest BCUT2D eigenvalue weighted by molar-refractivity contribution is -0.193. The Morgan fingerprint density at radius 1 is 1.00 bits per heavy atom. The minimum absolute atomic E-state index is 0.0228. The van der Waals surface area contributed by atoms with Gasteiger partial charge in [0.15, 0.2) is 0 Å². The molecular weight excluding hydrogens is 509 g/mol. The number of esters is 2. The molecule has 11 heteroatoms. The van der Waals surface area contributed by atoms with Crippen LogP contribution in [0.15, 0.2) is 30.3 Å². The van der Waals surface area contributed by atoms with Crippen LogP contribution in [0.1, 0.15) is 58.6 Å². The SMILES string of the molecule is O=C(OC(=O)C(F)(F)F)c1cc(C2CC2)c(CN2CCC(OCc3ccc(F)cc3Cl)CC2)cc1F. The smallest absolute Gasteiger partial charge is 0.383 e. The Morgan fingerprint density at radius 3 is 2.31 bits per heavy atom. The van der Waals surface area contributed by atoms with E-state index in [0.717, 1.165) is 18.9 Å². The van der Waals surface area contributed by atoms with Crippen molar-refractivity contribution in [3.8, 4) is 0 Å². The summed E-state index contributed by atoms with van der Waals surface area (Å²) in [5.74, 6) is -5.73. The molecule has 0 radical (unpaired) electrons. The van der Waals surface area contributed by atoms with Gasteiger partial charge in [-0.2, -0.15) is 13.2 Å². The average Bonchev–Trinajstić information content (AvgIpc) is 3.64. The molecule has 0 aromatic heterocycles. The number of likely N-dealkylation sites (tertiary alicyclic amines) is 1. The van der Waals surface area contributed by atoms with E-state index in [-0.39, 0.29) is 18.6 Å². The van der Waals surface area contributed by atoms with Gasteiger partial charge in [0.1, 0.15) is 11.6 Å². The van der Waals surface area contributed by atoms with E-state index in [2.05, 4.69) is 9.64 Å². The highest BCUT2D eigenvalue weighted by atomic mass is 35.5. The fourth-order valence-electron chi connectivity index (χ4n) is 4.22. The normalized spacial score (nSPS) is 17.3. The molecule has 0 atom stereocenters. The molecule has 1 aliphatic heterocycles. The summed E-state index contributed by atoms with van der Waals surface area (Å²) < 4.78 is 74.8. The van der Waals surface area contributed by atoms with Gasteiger partial charge in [-0.05, 0) is 72.6 Å². The van der Waals surface area contributed by atoms with Gasteiger partial charge in [0.25, 0.3) is 0 Å². The molecule has 1 heterocycles. The Balaban J connectivity index is 1.36. The number of rotatable bonds is 7. The predicted molar refractivity (Wildman–Crippen MR) is 119 cm³/mol. The first-order valence-electron chi connectivity index (χ1n) is 11.4. The second-order valence-electron chi connectivity index (χ2n) is 9.00. The van der Waals surface area contributed by atoms with E-state index in [4.69, 9.17) is 16.3 Å². The van der Waals surface area contributed by atoms with Gasteiger partial charge in [0, 0.05) is 24.7 Å². The van der Waals surface area contributed by atoms with Gasteiger partial charge < -0.3 is 9.47 Å². The summed E-state index contributed by atoms with van der Waals surface area (Å²) >= 11 is 6.04.